The topological polar surface area (TPSA) is 24.1 Å². The minimum Gasteiger partial charge on any atom is -0.322 e. The highest BCUT2D eigenvalue weighted by Crippen LogP contribution is 2.26. The molecule has 0 atom stereocenters. The second-order valence-corrected chi connectivity index (χ2v) is 9.27. The molecule has 0 spiro atoms. The molecule has 2 N–H and O–H groups in total. The maximum absolute atomic E-state index is 3.77. The molecule has 0 bridgehead atoms. The molecule has 0 aromatic carbocycles. The lowest BCUT2D eigenvalue weighted by Crippen LogP contribution is -2.66. The van der Waals surface area contributed by atoms with Crippen molar-refractivity contribution >= 4 is 8.40 Å². The summed E-state index contributed by atoms with van der Waals surface area (Å²) in [5, 5.41) is 0. The summed E-state index contributed by atoms with van der Waals surface area (Å²) in [7, 11) is -1.63. The van der Waals surface area contributed by atoms with Crippen molar-refractivity contribution in [3.63, 3.8) is 0 Å². The van der Waals surface area contributed by atoms with Crippen molar-refractivity contribution in [2.45, 2.75) is 38.8 Å². The number of hydrogen-bond acceptors (Lipinski definition) is 2. The van der Waals surface area contributed by atoms with Crippen LogP contribution in [0.25, 0.3) is 0 Å². The van der Waals surface area contributed by atoms with Crippen molar-refractivity contribution in [3.05, 3.63) is 25.3 Å². The lowest BCUT2D eigenvalue weighted by atomic mass is 10.5. The molecule has 0 aromatic rings. The van der Waals surface area contributed by atoms with Crippen molar-refractivity contribution < 1.29 is 0 Å². The second kappa shape index (κ2) is 6.98. The third kappa shape index (κ3) is 3.93. The van der Waals surface area contributed by atoms with Crippen LogP contribution >= 0.6 is 0 Å². The van der Waals surface area contributed by atoms with Crippen molar-refractivity contribution in [2.75, 3.05) is 13.1 Å². The van der Waals surface area contributed by atoms with Crippen molar-refractivity contribution in [1.29, 1.82) is 0 Å². The molecule has 0 fully saturated rings. The molecule has 0 heterocycles. The molecule has 0 saturated carbocycles. The third-order valence-corrected chi connectivity index (χ3v) is 8.12. The highest BCUT2D eigenvalue weighted by Gasteiger charge is 2.39. The van der Waals surface area contributed by atoms with Gasteiger partial charge in [-0.25, -0.2) is 0 Å². The molecule has 0 aliphatic heterocycles. The summed E-state index contributed by atoms with van der Waals surface area (Å²) in [6, 6.07) is 0. The quantitative estimate of drug-likeness (QED) is 0.491. The number of rotatable bonds is 8. The molecule has 0 amide bonds. The molecule has 0 saturated heterocycles. The first kappa shape index (κ1) is 14.6. The van der Waals surface area contributed by atoms with E-state index in [0.29, 0.717) is 11.1 Å². The largest absolute Gasteiger partial charge is 0.322 e. The van der Waals surface area contributed by atoms with Gasteiger partial charge in [-0.3, -0.25) is 0 Å². The molecule has 88 valence electrons. The summed E-state index contributed by atoms with van der Waals surface area (Å²) in [6.07, 6.45) is 3.87. The van der Waals surface area contributed by atoms with Gasteiger partial charge >= 0.3 is 0 Å². The predicted octanol–water partition coefficient (Wildman–Crippen LogP) is 2.80. The van der Waals surface area contributed by atoms with Gasteiger partial charge in [0.05, 0.1) is 0 Å². The van der Waals surface area contributed by atoms with Crippen molar-refractivity contribution in [1.82, 2.24) is 9.96 Å². The Hall–Kier alpha value is -0.383. The first-order valence-electron chi connectivity index (χ1n) is 5.73. The van der Waals surface area contributed by atoms with Gasteiger partial charge in [0.1, 0.15) is 0 Å². The average Bonchev–Trinajstić information content (AvgIpc) is 2.17. The van der Waals surface area contributed by atoms with Gasteiger partial charge in [-0.05, 0) is 11.1 Å². The molecule has 0 aromatic heterocycles. The van der Waals surface area contributed by atoms with Crippen LogP contribution in [-0.4, -0.2) is 21.5 Å². The Morgan fingerprint density at radius 3 is 1.47 bits per heavy atom. The molecule has 2 nitrogen and oxygen atoms in total. The first-order chi connectivity index (χ1) is 7.01. The predicted molar refractivity (Wildman–Crippen MR) is 72.3 cm³/mol. The Kier molecular flexibility index (Phi) is 6.81. The van der Waals surface area contributed by atoms with Crippen molar-refractivity contribution in [2.24, 2.45) is 0 Å². The zero-order valence-corrected chi connectivity index (χ0v) is 11.6. The Labute approximate surface area is 96.0 Å². The fourth-order valence-corrected chi connectivity index (χ4v) is 6.08. The van der Waals surface area contributed by atoms with Crippen LogP contribution in [0.4, 0.5) is 0 Å². The smallest absolute Gasteiger partial charge is 0.207 e. The van der Waals surface area contributed by atoms with Crippen molar-refractivity contribution in [3.8, 4) is 0 Å². The minimum absolute atomic E-state index is 0.650. The monoisotopic (exact) mass is 226 g/mol. The molecule has 0 rings (SSSR count). The SMILES string of the molecule is C=CCN[Si](NCC=C)(C(C)C)C(C)C. The van der Waals surface area contributed by atoms with Gasteiger partial charge in [0.2, 0.25) is 8.40 Å². The normalized spacial score (nSPS) is 12.1. The van der Waals surface area contributed by atoms with Gasteiger partial charge < -0.3 is 9.96 Å². The first-order valence-corrected chi connectivity index (χ1v) is 7.88. The summed E-state index contributed by atoms with van der Waals surface area (Å²) < 4.78 is 0. The van der Waals surface area contributed by atoms with E-state index < -0.39 is 8.40 Å². The van der Waals surface area contributed by atoms with E-state index in [-0.39, 0.29) is 0 Å². The van der Waals surface area contributed by atoms with Crippen LogP contribution in [-0.2, 0) is 0 Å². The highest BCUT2D eigenvalue weighted by molar-refractivity contribution is 6.77. The lowest BCUT2D eigenvalue weighted by Gasteiger charge is -2.40. The minimum atomic E-state index is -1.63. The van der Waals surface area contributed by atoms with E-state index in [1.807, 2.05) is 12.2 Å². The maximum atomic E-state index is 3.77. The maximum Gasteiger partial charge on any atom is 0.207 e. The van der Waals surface area contributed by atoms with Gasteiger partial charge in [-0.1, -0.05) is 39.8 Å². The molecule has 0 aliphatic rings. The molecule has 15 heavy (non-hydrogen) atoms. The third-order valence-electron chi connectivity index (χ3n) is 2.90. The van der Waals surface area contributed by atoms with E-state index in [1.165, 1.54) is 0 Å². The van der Waals surface area contributed by atoms with Crippen LogP contribution in [0.3, 0.4) is 0 Å². The zero-order chi connectivity index (χ0) is 11.9. The van der Waals surface area contributed by atoms with Gasteiger partial charge in [-0.15, -0.1) is 13.2 Å². The van der Waals surface area contributed by atoms with E-state index in [1.54, 1.807) is 0 Å². The summed E-state index contributed by atoms with van der Waals surface area (Å²) >= 11 is 0. The summed E-state index contributed by atoms with van der Waals surface area (Å²) in [6.45, 7) is 18.5. The summed E-state index contributed by atoms with van der Waals surface area (Å²) in [4.78, 5) is 7.36. The molecule has 0 unspecified atom stereocenters. The van der Waals surface area contributed by atoms with Crippen LogP contribution < -0.4 is 9.96 Å². The van der Waals surface area contributed by atoms with E-state index in [0.717, 1.165) is 13.1 Å². The highest BCUT2D eigenvalue weighted by atomic mass is 28.3. The zero-order valence-electron chi connectivity index (χ0n) is 10.6. The fraction of sp³-hybridized carbons (Fsp3) is 0.667. The molecular formula is C12H26N2Si. The Balaban J connectivity index is 4.71. The van der Waals surface area contributed by atoms with Gasteiger partial charge in [-0.2, -0.15) is 0 Å². The van der Waals surface area contributed by atoms with Gasteiger partial charge in [0.15, 0.2) is 0 Å². The molecule has 0 radical (unpaired) electrons. The molecular weight excluding hydrogens is 200 g/mol. The van der Waals surface area contributed by atoms with E-state index in [9.17, 15) is 0 Å². The van der Waals surface area contributed by atoms with Crippen LogP contribution in [0.1, 0.15) is 27.7 Å². The van der Waals surface area contributed by atoms with Crippen LogP contribution in [0, 0.1) is 0 Å². The summed E-state index contributed by atoms with van der Waals surface area (Å²) in [5.41, 5.74) is 1.30. The Morgan fingerprint density at radius 1 is 0.933 bits per heavy atom. The number of hydrogen-bond donors (Lipinski definition) is 2. The Bertz CT molecular complexity index is 178. The number of nitrogens with one attached hydrogen (secondary N) is 2. The summed E-state index contributed by atoms with van der Waals surface area (Å²) in [5.74, 6) is 0. The average molecular weight is 226 g/mol. The molecule has 3 heteroatoms. The van der Waals surface area contributed by atoms with Crippen LogP contribution in [0.15, 0.2) is 25.3 Å². The standard InChI is InChI=1S/C12H26N2Si/c1-7-9-13-15(11(3)4,12(5)6)14-10-8-2/h7-8,11-14H,1-2,9-10H2,3-6H3. The Morgan fingerprint density at radius 2 is 1.27 bits per heavy atom. The second-order valence-electron chi connectivity index (χ2n) is 4.52. The van der Waals surface area contributed by atoms with Crippen LogP contribution in [0.2, 0.25) is 11.1 Å². The van der Waals surface area contributed by atoms with Crippen LogP contribution in [0.5, 0.6) is 0 Å². The van der Waals surface area contributed by atoms with Gasteiger partial charge in [0.25, 0.3) is 0 Å². The van der Waals surface area contributed by atoms with Gasteiger partial charge in [0, 0.05) is 13.1 Å². The molecule has 0 aliphatic carbocycles. The fourth-order valence-electron chi connectivity index (χ4n) is 2.03. The van der Waals surface area contributed by atoms with E-state index in [4.69, 9.17) is 0 Å². The van der Waals surface area contributed by atoms with E-state index >= 15 is 0 Å². The van der Waals surface area contributed by atoms with E-state index in [2.05, 4.69) is 50.8 Å². The lowest BCUT2D eigenvalue weighted by molar-refractivity contribution is 0.753.